The van der Waals surface area contributed by atoms with Gasteiger partial charge in [-0.05, 0) is 18.8 Å². The molecule has 0 aliphatic rings. The molecule has 0 aromatic carbocycles. The largest absolute Gasteiger partial charge is 0.481 e. The van der Waals surface area contributed by atoms with Gasteiger partial charge >= 0.3 is 5.97 Å². The van der Waals surface area contributed by atoms with Gasteiger partial charge < -0.3 is 10.8 Å². The minimum atomic E-state index is -0.741. The van der Waals surface area contributed by atoms with E-state index in [0.29, 0.717) is 18.8 Å². The molecule has 0 heterocycles. The number of hydrogen-bond acceptors (Lipinski definition) is 2. The summed E-state index contributed by atoms with van der Waals surface area (Å²) in [7, 11) is 0. The quantitative estimate of drug-likeness (QED) is 0.664. The molecular weight excluding hydrogens is 178 g/mol. The summed E-state index contributed by atoms with van der Waals surface area (Å²) in [6.45, 7) is 6.36. The third-order valence-corrected chi connectivity index (χ3v) is 3.36. The van der Waals surface area contributed by atoms with Gasteiger partial charge in [0.2, 0.25) is 0 Å². The third-order valence-electron chi connectivity index (χ3n) is 3.36. The van der Waals surface area contributed by atoms with Crippen LogP contribution < -0.4 is 5.73 Å². The Bertz CT molecular complexity index is 172. The molecule has 84 valence electrons. The van der Waals surface area contributed by atoms with Crippen molar-refractivity contribution in [2.45, 2.75) is 46.5 Å². The predicted molar refractivity (Wildman–Crippen MR) is 58.1 cm³/mol. The topological polar surface area (TPSA) is 63.3 Å². The summed E-state index contributed by atoms with van der Waals surface area (Å²) in [6.07, 6.45) is 3.40. The molecule has 0 radical (unpaired) electrons. The molecule has 0 fully saturated rings. The molecule has 0 aliphatic carbocycles. The summed E-state index contributed by atoms with van der Waals surface area (Å²) in [5, 5.41) is 9.18. The summed E-state index contributed by atoms with van der Waals surface area (Å²) >= 11 is 0. The van der Waals surface area contributed by atoms with E-state index in [0.717, 1.165) is 12.8 Å². The molecule has 0 saturated heterocycles. The van der Waals surface area contributed by atoms with Crippen LogP contribution >= 0.6 is 0 Å². The summed E-state index contributed by atoms with van der Waals surface area (Å²) in [4.78, 5) is 11.2. The van der Waals surface area contributed by atoms with Crippen molar-refractivity contribution < 1.29 is 9.90 Å². The average molecular weight is 201 g/mol. The fourth-order valence-corrected chi connectivity index (χ4v) is 1.83. The second kappa shape index (κ2) is 6.02. The number of nitrogens with two attached hydrogens (primary N) is 1. The maximum Gasteiger partial charge on any atom is 0.310 e. The van der Waals surface area contributed by atoms with Crippen LogP contribution in [0.15, 0.2) is 0 Å². The van der Waals surface area contributed by atoms with E-state index in [-0.39, 0.29) is 6.54 Å². The molecule has 3 nitrogen and oxygen atoms in total. The maximum absolute atomic E-state index is 11.2. The summed E-state index contributed by atoms with van der Waals surface area (Å²) < 4.78 is 0. The first kappa shape index (κ1) is 13.4. The van der Waals surface area contributed by atoms with Gasteiger partial charge in [0, 0.05) is 6.54 Å². The molecule has 0 amide bonds. The van der Waals surface area contributed by atoms with Crippen LogP contribution in [0.4, 0.5) is 0 Å². The van der Waals surface area contributed by atoms with Gasteiger partial charge in [0.05, 0.1) is 5.41 Å². The van der Waals surface area contributed by atoms with E-state index in [1.54, 1.807) is 0 Å². The molecule has 3 heteroatoms. The van der Waals surface area contributed by atoms with Crippen LogP contribution in [0.1, 0.15) is 46.5 Å². The monoisotopic (exact) mass is 201 g/mol. The SMILES string of the molecule is CCC(CC)CC(CC)(CN)C(=O)O. The average Bonchev–Trinajstić information content (AvgIpc) is 2.20. The van der Waals surface area contributed by atoms with Gasteiger partial charge in [0.15, 0.2) is 0 Å². The molecule has 0 spiro atoms. The minimum absolute atomic E-state index is 0.245. The first-order valence-corrected chi connectivity index (χ1v) is 5.49. The molecule has 0 aromatic rings. The lowest BCUT2D eigenvalue weighted by Crippen LogP contribution is -2.39. The van der Waals surface area contributed by atoms with Crippen molar-refractivity contribution in [2.75, 3.05) is 6.54 Å². The van der Waals surface area contributed by atoms with Crippen molar-refractivity contribution in [3.05, 3.63) is 0 Å². The summed E-state index contributed by atoms with van der Waals surface area (Å²) in [5.41, 5.74) is 4.90. The fourth-order valence-electron chi connectivity index (χ4n) is 1.83. The van der Waals surface area contributed by atoms with Crippen LogP contribution in [0.25, 0.3) is 0 Å². The summed E-state index contributed by atoms with van der Waals surface area (Å²) in [5.74, 6) is -0.260. The summed E-state index contributed by atoms with van der Waals surface area (Å²) in [6, 6.07) is 0. The second-order valence-electron chi connectivity index (χ2n) is 4.03. The lowest BCUT2D eigenvalue weighted by Gasteiger charge is -2.30. The third kappa shape index (κ3) is 2.98. The molecule has 1 atom stereocenters. The Kier molecular flexibility index (Phi) is 5.77. The highest BCUT2D eigenvalue weighted by atomic mass is 16.4. The molecule has 0 bridgehead atoms. The highest BCUT2D eigenvalue weighted by Gasteiger charge is 2.36. The van der Waals surface area contributed by atoms with Gasteiger partial charge in [-0.25, -0.2) is 0 Å². The van der Waals surface area contributed by atoms with Crippen LogP contribution in [-0.2, 0) is 4.79 Å². The Morgan fingerprint density at radius 2 is 1.86 bits per heavy atom. The maximum atomic E-state index is 11.2. The van der Waals surface area contributed by atoms with E-state index in [4.69, 9.17) is 5.73 Å². The Labute approximate surface area is 86.7 Å². The predicted octanol–water partition coefficient (Wildman–Crippen LogP) is 2.25. The number of hydrogen-bond donors (Lipinski definition) is 2. The lowest BCUT2D eigenvalue weighted by molar-refractivity contribution is -0.149. The minimum Gasteiger partial charge on any atom is -0.481 e. The molecule has 14 heavy (non-hydrogen) atoms. The van der Waals surface area contributed by atoms with Gasteiger partial charge in [-0.2, -0.15) is 0 Å². The van der Waals surface area contributed by atoms with Crippen LogP contribution in [-0.4, -0.2) is 17.6 Å². The molecular formula is C11H23NO2. The number of aliphatic carboxylic acids is 1. The van der Waals surface area contributed by atoms with Crippen LogP contribution in [0.3, 0.4) is 0 Å². The van der Waals surface area contributed by atoms with Crippen LogP contribution in [0.2, 0.25) is 0 Å². The second-order valence-corrected chi connectivity index (χ2v) is 4.03. The van der Waals surface area contributed by atoms with E-state index in [1.807, 2.05) is 6.92 Å². The fraction of sp³-hybridized carbons (Fsp3) is 0.909. The number of carboxylic acids is 1. The van der Waals surface area contributed by atoms with Crippen molar-refractivity contribution in [1.29, 1.82) is 0 Å². The standard InChI is InChI=1S/C11H23NO2/c1-4-9(5-2)7-11(6-3,8-12)10(13)14/h9H,4-8,12H2,1-3H3,(H,13,14). The van der Waals surface area contributed by atoms with E-state index < -0.39 is 11.4 Å². The van der Waals surface area contributed by atoms with Crippen LogP contribution in [0.5, 0.6) is 0 Å². The van der Waals surface area contributed by atoms with Crippen molar-refractivity contribution in [2.24, 2.45) is 17.1 Å². The molecule has 1 unspecified atom stereocenters. The van der Waals surface area contributed by atoms with Gasteiger partial charge in [-0.1, -0.05) is 33.6 Å². The van der Waals surface area contributed by atoms with Crippen molar-refractivity contribution in [3.63, 3.8) is 0 Å². The van der Waals surface area contributed by atoms with Gasteiger partial charge in [-0.3, -0.25) is 4.79 Å². The Morgan fingerprint density at radius 3 is 2.07 bits per heavy atom. The van der Waals surface area contributed by atoms with Crippen molar-refractivity contribution >= 4 is 5.97 Å². The highest BCUT2D eigenvalue weighted by molar-refractivity contribution is 5.74. The van der Waals surface area contributed by atoms with E-state index >= 15 is 0 Å². The number of rotatable bonds is 7. The molecule has 0 aromatic heterocycles. The zero-order chi connectivity index (χ0) is 11.2. The van der Waals surface area contributed by atoms with E-state index in [1.165, 1.54) is 0 Å². The first-order chi connectivity index (χ1) is 6.56. The lowest BCUT2D eigenvalue weighted by atomic mass is 9.75. The molecule has 0 aliphatic heterocycles. The first-order valence-electron chi connectivity index (χ1n) is 5.49. The molecule has 0 rings (SSSR count). The number of carboxylic acid groups (broad SMARTS) is 1. The zero-order valence-corrected chi connectivity index (χ0v) is 9.55. The van der Waals surface area contributed by atoms with Gasteiger partial charge in [0.25, 0.3) is 0 Å². The smallest absolute Gasteiger partial charge is 0.310 e. The molecule has 3 N–H and O–H groups in total. The highest BCUT2D eigenvalue weighted by Crippen LogP contribution is 2.32. The zero-order valence-electron chi connectivity index (χ0n) is 9.55. The normalized spacial score (nSPS) is 15.5. The van der Waals surface area contributed by atoms with Crippen molar-refractivity contribution in [3.8, 4) is 0 Å². The van der Waals surface area contributed by atoms with Crippen LogP contribution in [0, 0.1) is 11.3 Å². The van der Waals surface area contributed by atoms with Crippen molar-refractivity contribution in [1.82, 2.24) is 0 Å². The van der Waals surface area contributed by atoms with Gasteiger partial charge in [0.1, 0.15) is 0 Å². The Balaban J connectivity index is 4.56. The van der Waals surface area contributed by atoms with Gasteiger partial charge in [-0.15, -0.1) is 0 Å². The Hall–Kier alpha value is -0.570. The van der Waals surface area contributed by atoms with E-state index in [9.17, 15) is 9.90 Å². The molecule has 0 saturated carbocycles. The Morgan fingerprint density at radius 1 is 1.36 bits per heavy atom. The van der Waals surface area contributed by atoms with E-state index in [2.05, 4.69) is 13.8 Å². The number of carbonyl (C=O) groups is 1.